The predicted octanol–water partition coefficient (Wildman–Crippen LogP) is 3.50. The number of hydrogen-bond donors (Lipinski definition) is 1. The first-order chi connectivity index (χ1) is 13.6. The number of aryl methyl sites for hydroxylation is 2. The van der Waals surface area contributed by atoms with E-state index >= 15 is 0 Å². The number of sulfonamides is 1. The number of hydrogen-bond acceptors (Lipinski definition) is 5. The van der Waals surface area contributed by atoms with Gasteiger partial charge in [-0.25, -0.2) is 8.42 Å². The highest BCUT2D eigenvalue weighted by molar-refractivity contribution is 7.92. The maximum absolute atomic E-state index is 13.0. The van der Waals surface area contributed by atoms with Crippen LogP contribution in [0.2, 0.25) is 0 Å². The minimum atomic E-state index is -3.70. The van der Waals surface area contributed by atoms with E-state index in [1.165, 1.54) is 18.5 Å². The van der Waals surface area contributed by atoms with E-state index in [4.69, 9.17) is 9.47 Å². The maximum Gasteiger partial charge on any atom is 0.248 e. The second-order valence-corrected chi connectivity index (χ2v) is 8.75. The minimum absolute atomic E-state index is 0.305. The summed E-state index contributed by atoms with van der Waals surface area (Å²) in [6.07, 6.45) is 1.41. The van der Waals surface area contributed by atoms with E-state index in [0.29, 0.717) is 29.3 Å². The summed E-state index contributed by atoms with van der Waals surface area (Å²) in [5.74, 6) is 0.572. The third kappa shape index (κ3) is 5.41. The van der Waals surface area contributed by atoms with E-state index in [9.17, 15) is 13.2 Å². The molecule has 0 aromatic heterocycles. The Kier molecular flexibility index (Phi) is 7.13. The summed E-state index contributed by atoms with van der Waals surface area (Å²) in [6.45, 7) is 5.56. The van der Waals surface area contributed by atoms with Crippen molar-refractivity contribution in [1.29, 1.82) is 0 Å². The summed E-state index contributed by atoms with van der Waals surface area (Å²) in [6, 6.07) is 9.56. The Bertz CT molecular complexity index is 968. The van der Waals surface area contributed by atoms with Gasteiger partial charge in [0.25, 0.3) is 0 Å². The number of nitrogens with one attached hydrogen (secondary N) is 1. The highest BCUT2D eigenvalue weighted by Crippen LogP contribution is 2.30. The number of anilines is 2. The van der Waals surface area contributed by atoms with Crippen LogP contribution in [0.5, 0.6) is 11.5 Å². The lowest BCUT2D eigenvalue weighted by atomic mass is 10.1. The van der Waals surface area contributed by atoms with Crippen molar-refractivity contribution < 1.29 is 22.7 Å². The van der Waals surface area contributed by atoms with Crippen LogP contribution in [0, 0.1) is 13.8 Å². The zero-order valence-corrected chi connectivity index (χ0v) is 18.5. The molecule has 0 radical (unpaired) electrons. The molecule has 0 saturated heterocycles. The number of benzene rings is 2. The molecule has 29 heavy (non-hydrogen) atoms. The molecule has 0 fully saturated rings. The molecular formula is C21H28N2O5S. The Labute approximate surface area is 172 Å². The van der Waals surface area contributed by atoms with Gasteiger partial charge in [-0.05, 0) is 55.7 Å². The van der Waals surface area contributed by atoms with Crippen molar-refractivity contribution in [2.75, 3.05) is 30.1 Å². The van der Waals surface area contributed by atoms with Gasteiger partial charge < -0.3 is 14.8 Å². The molecule has 0 bridgehead atoms. The highest BCUT2D eigenvalue weighted by Gasteiger charge is 2.32. The largest absolute Gasteiger partial charge is 0.493 e. The summed E-state index contributed by atoms with van der Waals surface area (Å²) in [4.78, 5) is 13.0. The van der Waals surface area contributed by atoms with Crippen LogP contribution in [0.15, 0.2) is 36.4 Å². The maximum atomic E-state index is 13.0. The van der Waals surface area contributed by atoms with Crippen LogP contribution in [-0.4, -0.2) is 40.8 Å². The van der Waals surface area contributed by atoms with E-state index in [1.807, 2.05) is 19.9 Å². The van der Waals surface area contributed by atoms with Crippen molar-refractivity contribution in [1.82, 2.24) is 0 Å². The second kappa shape index (κ2) is 9.17. The summed E-state index contributed by atoms with van der Waals surface area (Å²) in [5, 5.41) is 2.79. The number of ether oxygens (including phenoxy) is 2. The van der Waals surface area contributed by atoms with Gasteiger partial charge in [0.1, 0.15) is 6.04 Å². The standard InChI is InChI=1S/C21H28N2O5S/c1-7-18(21(24)22-16-8-9-19(27-4)20(13-16)28-5)23(29(6,25)26)17-11-14(2)10-15(3)12-17/h8-13,18H,7H2,1-6H3,(H,22,24)/t18-/m0/s1. The van der Waals surface area contributed by atoms with E-state index in [1.54, 1.807) is 37.3 Å². The van der Waals surface area contributed by atoms with Gasteiger partial charge in [0, 0.05) is 11.8 Å². The average Bonchev–Trinajstić information content (AvgIpc) is 2.63. The number of rotatable bonds is 8. The average molecular weight is 421 g/mol. The lowest BCUT2D eigenvalue weighted by molar-refractivity contribution is -0.117. The Morgan fingerprint density at radius 3 is 2.10 bits per heavy atom. The summed E-state index contributed by atoms with van der Waals surface area (Å²) < 4.78 is 36.9. The molecule has 0 aliphatic heterocycles. The topological polar surface area (TPSA) is 84.9 Å². The summed E-state index contributed by atoms with van der Waals surface area (Å²) in [7, 11) is -0.667. The van der Waals surface area contributed by atoms with Gasteiger partial charge in [-0.1, -0.05) is 13.0 Å². The molecule has 0 unspecified atom stereocenters. The van der Waals surface area contributed by atoms with Gasteiger partial charge in [-0.3, -0.25) is 9.10 Å². The van der Waals surface area contributed by atoms with E-state index < -0.39 is 22.0 Å². The van der Waals surface area contributed by atoms with Crippen molar-refractivity contribution >= 4 is 27.3 Å². The number of nitrogens with zero attached hydrogens (tertiary/aromatic N) is 1. The first-order valence-electron chi connectivity index (χ1n) is 9.21. The van der Waals surface area contributed by atoms with Crippen molar-refractivity contribution in [3.05, 3.63) is 47.5 Å². The first-order valence-corrected chi connectivity index (χ1v) is 11.1. The molecule has 2 aromatic carbocycles. The molecule has 1 amide bonds. The van der Waals surface area contributed by atoms with E-state index in [0.717, 1.165) is 17.4 Å². The van der Waals surface area contributed by atoms with Crippen LogP contribution in [0.4, 0.5) is 11.4 Å². The lowest BCUT2D eigenvalue weighted by Crippen LogP contribution is -2.47. The van der Waals surface area contributed by atoms with Crippen LogP contribution in [0.1, 0.15) is 24.5 Å². The molecule has 158 valence electrons. The molecule has 8 heteroatoms. The third-order valence-corrected chi connectivity index (χ3v) is 5.62. The number of carbonyl (C=O) groups is 1. The second-order valence-electron chi connectivity index (χ2n) is 6.89. The minimum Gasteiger partial charge on any atom is -0.493 e. The Morgan fingerprint density at radius 1 is 1.03 bits per heavy atom. The van der Waals surface area contributed by atoms with Gasteiger partial charge in [-0.15, -0.1) is 0 Å². The van der Waals surface area contributed by atoms with Crippen LogP contribution in [-0.2, 0) is 14.8 Å². The molecule has 0 heterocycles. The number of methoxy groups -OCH3 is 2. The Balaban J connectivity index is 2.41. The fourth-order valence-electron chi connectivity index (χ4n) is 3.28. The Hall–Kier alpha value is -2.74. The predicted molar refractivity (Wildman–Crippen MR) is 115 cm³/mol. The van der Waals surface area contributed by atoms with Crippen molar-refractivity contribution in [3.8, 4) is 11.5 Å². The molecule has 2 aromatic rings. The van der Waals surface area contributed by atoms with E-state index in [2.05, 4.69) is 5.32 Å². The SMILES string of the molecule is CC[C@@H](C(=O)Nc1ccc(OC)c(OC)c1)N(c1cc(C)cc(C)c1)S(C)(=O)=O. The van der Waals surface area contributed by atoms with Crippen LogP contribution < -0.4 is 19.1 Å². The van der Waals surface area contributed by atoms with Gasteiger partial charge in [0.15, 0.2) is 11.5 Å². The Morgan fingerprint density at radius 2 is 1.62 bits per heavy atom. The van der Waals surface area contributed by atoms with Crippen molar-refractivity contribution in [3.63, 3.8) is 0 Å². The quantitative estimate of drug-likeness (QED) is 0.706. The van der Waals surface area contributed by atoms with Gasteiger partial charge in [0.05, 0.1) is 26.2 Å². The molecule has 0 aliphatic rings. The molecular weight excluding hydrogens is 392 g/mol. The summed E-state index contributed by atoms with van der Waals surface area (Å²) >= 11 is 0. The summed E-state index contributed by atoms with van der Waals surface area (Å²) in [5.41, 5.74) is 2.80. The zero-order chi connectivity index (χ0) is 21.8. The highest BCUT2D eigenvalue weighted by atomic mass is 32.2. The molecule has 7 nitrogen and oxygen atoms in total. The molecule has 1 N–H and O–H groups in total. The number of amides is 1. The third-order valence-electron chi connectivity index (χ3n) is 4.44. The van der Waals surface area contributed by atoms with Crippen LogP contribution in [0.3, 0.4) is 0 Å². The molecule has 0 spiro atoms. The van der Waals surface area contributed by atoms with Crippen LogP contribution in [0.25, 0.3) is 0 Å². The molecule has 0 aliphatic carbocycles. The first kappa shape index (κ1) is 22.5. The number of carbonyl (C=O) groups excluding carboxylic acids is 1. The lowest BCUT2D eigenvalue weighted by Gasteiger charge is -2.30. The van der Waals surface area contributed by atoms with Gasteiger partial charge in [0.2, 0.25) is 15.9 Å². The van der Waals surface area contributed by atoms with Crippen LogP contribution >= 0.6 is 0 Å². The fraction of sp³-hybridized carbons (Fsp3) is 0.381. The fourth-order valence-corrected chi connectivity index (χ4v) is 4.47. The van der Waals surface area contributed by atoms with Gasteiger partial charge in [-0.2, -0.15) is 0 Å². The normalized spacial score (nSPS) is 12.2. The monoisotopic (exact) mass is 420 g/mol. The molecule has 1 atom stereocenters. The van der Waals surface area contributed by atoms with Crippen molar-refractivity contribution in [2.24, 2.45) is 0 Å². The van der Waals surface area contributed by atoms with Crippen molar-refractivity contribution in [2.45, 2.75) is 33.2 Å². The molecule has 0 saturated carbocycles. The zero-order valence-electron chi connectivity index (χ0n) is 17.6. The van der Waals surface area contributed by atoms with E-state index in [-0.39, 0.29) is 0 Å². The molecule has 2 rings (SSSR count). The van der Waals surface area contributed by atoms with Gasteiger partial charge >= 0.3 is 0 Å². The smallest absolute Gasteiger partial charge is 0.248 e.